The summed E-state index contributed by atoms with van der Waals surface area (Å²) in [5, 5.41) is 2.38. The highest BCUT2D eigenvalue weighted by atomic mass is 16.7. The third-order valence-corrected chi connectivity index (χ3v) is 3.09. The average molecular weight is 229 g/mol. The Labute approximate surface area is 100 Å². The Kier molecular flexibility index (Phi) is 2.81. The van der Waals surface area contributed by atoms with Crippen LogP contribution in [0.25, 0.3) is 10.8 Å². The van der Waals surface area contributed by atoms with Crippen LogP contribution in [0.5, 0.6) is 0 Å². The van der Waals surface area contributed by atoms with Crippen LogP contribution in [-0.2, 0) is 9.47 Å². The molecule has 2 aromatic rings. The number of ether oxygens (including phenoxy) is 2. The zero-order valence-corrected chi connectivity index (χ0v) is 9.50. The van der Waals surface area contributed by atoms with Crippen LogP contribution >= 0.6 is 0 Å². The standard InChI is InChI=1S/C14H15NO2/c15-8-11-9-16-14(17-11)13-7-3-5-10-4-1-2-6-12(10)13/h1-7,11,14H,8-9,15H2. The number of nitrogens with two attached hydrogens (primary N) is 1. The maximum atomic E-state index is 5.76. The van der Waals surface area contributed by atoms with E-state index in [9.17, 15) is 0 Å². The summed E-state index contributed by atoms with van der Waals surface area (Å²) >= 11 is 0. The van der Waals surface area contributed by atoms with Gasteiger partial charge in [0, 0.05) is 12.1 Å². The summed E-state index contributed by atoms with van der Waals surface area (Å²) in [6.07, 6.45) is -0.270. The summed E-state index contributed by atoms with van der Waals surface area (Å²) in [5.74, 6) is 0. The molecule has 17 heavy (non-hydrogen) atoms. The van der Waals surface area contributed by atoms with Crippen molar-refractivity contribution in [2.45, 2.75) is 12.4 Å². The summed E-state index contributed by atoms with van der Waals surface area (Å²) in [6.45, 7) is 1.08. The fourth-order valence-corrected chi connectivity index (χ4v) is 2.19. The van der Waals surface area contributed by atoms with Crippen molar-refractivity contribution in [1.29, 1.82) is 0 Å². The molecule has 2 unspecified atom stereocenters. The van der Waals surface area contributed by atoms with Crippen molar-refractivity contribution in [3.63, 3.8) is 0 Å². The molecule has 2 aromatic carbocycles. The van der Waals surface area contributed by atoms with E-state index in [1.807, 2.05) is 24.3 Å². The maximum Gasteiger partial charge on any atom is 0.185 e. The molecule has 1 saturated heterocycles. The summed E-state index contributed by atoms with van der Waals surface area (Å²) in [7, 11) is 0. The quantitative estimate of drug-likeness (QED) is 0.858. The normalized spacial score (nSPS) is 24.3. The molecule has 1 heterocycles. The van der Waals surface area contributed by atoms with E-state index in [2.05, 4.69) is 18.2 Å². The van der Waals surface area contributed by atoms with E-state index >= 15 is 0 Å². The van der Waals surface area contributed by atoms with E-state index in [0.29, 0.717) is 13.2 Å². The van der Waals surface area contributed by atoms with E-state index in [1.54, 1.807) is 0 Å². The zero-order valence-electron chi connectivity index (χ0n) is 9.50. The highest BCUT2D eigenvalue weighted by Gasteiger charge is 2.27. The smallest absolute Gasteiger partial charge is 0.185 e. The molecule has 0 spiro atoms. The van der Waals surface area contributed by atoms with Crippen LogP contribution < -0.4 is 5.73 Å². The first-order valence-electron chi connectivity index (χ1n) is 5.83. The predicted octanol–water partition coefficient (Wildman–Crippen LogP) is 2.21. The molecule has 0 saturated carbocycles. The number of fused-ring (bicyclic) bond motifs is 1. The molecule has 0 aromatic heterocycles. The summed E-state index contributed by atoms with van der Waals surface area (Å²) in [4.78, 5) is 0. The predicted molar refractivity (Wildman–Crippen MR) is 66.6 cm³/mol. The fraction of sp³-hybridized carbons (Fsp3) is 0.286. The van der Waals surface area contributed by atoms with E-state index in [1.165, 1.54) is 10.8 Å². The largest absolute Gasteiger partial charge is 0.346 e. The van der Waals surface area contributed by atoms with E-state index < -0.39 is 0 Å². The summed E-state index contributed by atoms with van der Waals surface area (Å²) in [6, 6.07) is 14.4. The van der Waals surface area contributed by atoms with Gasteiger partial charge in [0.2, 0.25) is 0 Å². The first-order chi connectivity index (χ1) is 8.38. The minimum Gasteiger partial charge on any atom is -0.346 e. The summed E-state index contributed by atoms with van der Waals surface area (Å²) < 4.78 is 11.4. The van der Waals surface area contributed by atoms with Gasteiger partial charge in [-0.2, -0.15) is 0 Å². The van der Waals surface area contributed by atoms with Gasteiger partial charge >= 0.3 is 0 Å². The Balaban J connectivity index is 2.00. The SMILES string of the molecule is NCC1COC(c2cccc3ccccc23)O1. The van der Waals surface area contributed by atoms with Crippen molar-refractivity contribution in [2.75, 3.05) is 13.2 Å². The monoisotopic (exact) mass is 229 g/mol. The van der Waals surface area contributed by atoms with E-state index in [4.69, 9.17) is 15.2 Å². The van der Waals surface area contributed by atoms with Crippen LogP contribution in [0.1, 0.15) is 11.9 Å². The van der Waals surface area contributed by atoms with Gasteiger partial charge in [0.05, 0.1) is 12.7 Å². The Hall–Kier alpha value is -1.42. The number of hydrogen-bond donors (Lipinski definition) is 1. The average Bonchev–Trinajstić information content (AvgIpc) is 2.87. The van der Waals surface area contributed by atoms with Gasteiger partial charge in [0.25, 0.3) is 0 Å². The topological polar surface area (TPSA) is 44.5 Å². The molecule has 1 aliphatic heterocycles. The first kappa shape index (κ1) is 10.7. The lowest BCUT2D eigenvalue weighted by molar-refractivity contribution is -0.0574. The molecule has 3 nitrogen and oxygen atoms in total. The van der Waals surface area contributed by atoms with Crippen LogP contribution in [0.15, 0.2) is 42.5 Å². The highest BCUT2D eigenvalue weighted by Crippen LogP contribution is 2.31. The van der Waals surface area contributed by atoms with Gasteiger partial charge in [-0.15, -0.1) is 0 Å². The van der Waals surface area contributed by atoms with Gasteiger partial charge in [-0.25, -0.2) is 0 Å². The Morgan fingerprint density at radius 3 is 2.76 bits per heavy atom. The van der Waals surface area contributed by atoms with Crippen LogP contribution in [0.4, 0.5) is 0 Å². The van der Waals surface area contributed by atoms with Crippen molar-refractivity contribution in [3.8, 4) is 0 Å². The zero-order chi connectivity index (χ0) is 11.7. The molecule has 0 aliphatic carbocycles. The molecule has 0 radical (unpaired) electrons. The molecule has 0 amide bonds. The van der Waals surface area contributed by atoms with Crippen molar-refractivity contribution in [2.24, 2.45) is 5.73 Å². The lowest BCUT2D eigenvalue weighted by Crippen LogP contribution is -2.21. The van der Waals surface area contributed by atoms with E-state index in [0.717, 1.165) is 5.56 Å². The summed E-state index contributed by atoms with van der Waals surface area (Å²) in [5.41, 5.74) is 6.66. The van der Waals surface area contributed by atoms with Crippen LogP contribution in [0.3, 0.4) is 0 Å². The lowest BCUT2D eigenvalue weighted by Gasteiger charge is -2.13. The van der Waals surface area contributed by atoms with Crippen LogP contribution in [0, 0.1) is 0 Å². The van der Waals surface area contributed by atoms with Crippen molar-refractivity contribution >= 4 is 10.8 Å². The highest BCUT2D eigenvalue weighted by molar-refractivity contribution is 5.85. The minimum absolute atomic E-state index is 0.0129. The molecular formula is C14H15NO2. The lowest BCUT2D eigenvalue weighted by atomic mass is 10.0. The number of hydrogen-bond acceptors (Lipinski definition) is 3. The van der Waals surface area contributed by atoms with Crippen molar-refractivity contribution in [1.82, 2.24) is 0 Å². The van der Waals surface area contributed by atoms with Gasteiger partial charge in [0.15, 0.2) is 6.29 Å². The Morgan fingerprint density at radius 2 is 1.94 bits per heavy atom. The Bertz CT molecular complexity index is 521. The second-order valence-electron chi connectivity index (χ2n) is 4.23. The second-order valence-corrected chi connectivity index (χ2v) is 4.23. The molecule has 3 heteroatoms. The van der Waals surface area contributed by atoms with Gasteiger partial charge in [-0.1, -0.05) is 42.5 Å². The molecular weight excluding hydrogens is 214 g/mol. The number of rotatable bonds is 2. The minimum atomic E-state index is -0.283. The fourth-order valence-electron chi connectivity index (χ4n) is 2.19. The molecule has 2 N–H and O–H groups in total. The molecule has 1 aliphatic rings. The Morgan fingerprint density at radius 1 is 1.12 bits per heavy atom. The van der Waals surface area contributed by atoms with Crippen LogP contribution in [0.2, 0.25) is 0 Å². The molecule has 88 valence electrons. The molecule has 0 bridgehead atoms. The first-order valence-corrected chi connectivity index (χ1v) is 5.83. The van der Waals surface area contributed by atoms with Crippen LogP contribution in [-0.4, -0.2) is 19.3 Å². The van der Waals surface area contributed by atoms with Gasteiger partial charge in [-0.05, 0) is 10.8 Å². The van der Waals surface area contributed by atoms with Gasteiger partial charge in [-0.3, -0.25) is 0 Å². The second kappa shape index (κ2) is 4.45. The van der Waals surface area contributed by atoms with Crippen molar-refractivity contribution in [3.05, 3.63) is 48.0 Å². The molecule has 2 atom stereocenters. The molecule has 1 fully saturated rings. The third kappa shape index (κ3) is 1.93. The van der Waals surface area contributed by atoms with E-state index in [-0.39, 0.29) is 12.4 Å². The van der Waals surface area contributed by atoms with Crippen molar-refractivity contribution < 1.29 is 9.47 Å². The number of benzene rings is 2. The maximum absolute atomic E-state index is 5.76. The van der Waals surface area contributed by atoms with Gasteiger partial charge in [0.1, 0.15) is 0 Å². The third-order valence-electron chi connectivity index (χ3n) is 3.09. The van der Waals surface area contributed by atoms with Gasteiger partial charge < -0.3 is 15.2 Å². The molecule has 3 rings (SSSR count).